The van der Waals surface area contributed by atoms with Crippen LogP contribution in [0.1, 0.15) is 30.1 Å². The number of carbonyl (C=O) groups excluding carboxylic acids is 1. The molecule has 5 nitrogen and oxygen atoms in total. The number of likely N-dealkylation sites (N-methyl/N-ethyl adjacent to an activating group) is 1. The number of halogens is 1. The highest BCUT2D eigenvalue weighted by atomic mass is 79.9. The average Bonchev–Trinajstić information content (AvgIpc) is 2.93. The lowest BCUT2D eigenvalue weighted by molar-refractivity contribution is 0.0587. The summed E-state index contributed by atoms with van der Waals surface area (Å²) >= 11 is 3.37. The van der Waals surface area contributed by atoms with E-state index in [9.17, 15) is 4.79 Å². The van der Waals surface area contributed by atoms with Gasteiger partial charge in [-0.3, -0.25) is 4.79 Å². The summed E-state index contributed by atoms with van der Waals surface area (Å²) in [4.78, 5) is 18.5. The van der Waals surface area contributed by atoms with Gasteiger partial charge in [-0.25, -0.2) is 4.98 Å². The fourth-order valence-corrected chi connectivity index (χ4v) is 2.62. The summed E-state index contributed by atoms with van der Waals surface area (Å²) in [7, 11) is 1.81. The summed E-state index contributed by atoms with van der Waals surface area (Å²) in [6.07, 6.45) is 3.95. The Bertz CT molecular complexity index is 475. The molecule has 1 fully saturated rings. The molecule has 1 aromatic rings. The third-order valence-electron chi connectivity index (χ3n) is 3.28. The predicted molar refractivity (Wildman–Crippen MR) is 82.0 cm³/mol. The van der Waals surface area contributed by atoms with Crippen LogP contribution >= 0.6 is 15.9 Å². The topological polar surface area (TPSA) is 54.5 Å². The first-order valence-corrected chi connectivity index (χ1v) is 7.67. The maximum absolute atomic E-state index is 12.5. The number of aromatic nitrogens is 1. The first-order valence-electron chi connectivity index (χ1n) is 6.88. The second kappa shape index (κ2) is 7.04. The van der Waals surface area contributed by atoms with E-state index in [0.29, 0.717) is 17.9 Å². The van der Waals surface area contributed by atoms with Crippen molar-refractivity contribution in [2.75, 3.05) is 32.1 Å². The van der Waals surface area contributed by atoms with Crippen molar-refractivity contribution in [2.24, 2.45) is 0 Å². The Kier molecular flexibility index (Phi) is 5.37. The van der Waals surface area contributed by atoms with Gasteiger partial charge >= 0.3 is 0 Å². The highest BCUT2D eigenvalue weighted by Crippen LogP contribution is 2.20. The molecule has 0 bridgehead atoms. The summed E-state index contributed by atoms with van der Waals surface area (Å²) in [5, 5.41) is 3.12. The second-order valence-electron chi connectivity index (χ2n) is 4.90. The van der Waals surface area contributed by atoms with Gasteiger partial charge in [-0.05, 0) is 41.8 Å². The van der Waals surface area contributed by atoms with E-state index < -0.39 is 0 Å². The highest BCUT2D eigenvalue weighted by Gasteiger charge is 2.22. The minimum absolute atomic E-state index is 0.0368. The van der Waals surface area contributed by atoms with Gasteiger partial charge in [-0.2, -0.15) is 0 Å². The number of rotatable bonds is 5. The van der Waals surface area contributed by atoms with E-state index in [-0.39, 0.29) is 12.0 Å². The first-order chi connectivity index (χ1) is 9.61. The summed E-state index contributed by atoms with van der Waals surface area (Å²) < 4.78 is 6.38. The molecule has 1 amide bonds. The number of carbonyl (C=O) groups is 1. The molecule has 1 N–H and O–H groups in total. The van der Waals surface area contributed by atoms with Gasteiger partial charge in [0.2, 0.25) is 0 Å². The van der Waals surface area contributed by atoms with Crippen LogP contribution in [0, 0.1) is 0 Å². The van der Waals surface area contributed by atoms with Gasteiger partial charge in [0, 0.05) is 37.4 Å². The van der Waals surface area contributed by atoms with E-state index in [1.807, 2.05) is 6.92 Å². The van der Waals surface area contributed by atoms with Crippen molar-refractivity contribution >= 4 is 27.7 Å². The number of nitrogens with zero attached hydrogens (tertiary/aromatic N) is 2. The molecule has 2 heterocycles. The zero-order chi connectivity index (χ0) is 14.5. The normalized spacial score (nSPS) is 18.1. The third-order valence-corrected chi connectivity index (χ3v) is 3.71. The lowest BCUT2D eigenvalue weighted by atomic mass is 10.2. The van der Waals surface area contributed by atoms with Crippen molar-refractivity contribution in [3.8, 4) is 0 Å². The van der Waals surface area contributed by atoms with Gasteiger partial charge in [0.05, 0.1) is 11.7 Å². The Balaban J connectivity index is 2.11. The Morgan fingerprint density at radius 1 is 1.65 bits per heavy atom. The molecule has 6 heteroatoms. The molecule has 1 aromatic heterocycles. The predicted octanol–water partition coefficient (Wildman–Crippen LogP) is 2.53. The Morgan fingerprint density at radius 3 is 3.10 bits per heavy atom. The van der Waals surface area contributed by atoms with E-state index in [1.165, 1.54) is 0 Å². The number of hydrogen-bond donors (Lipinski definition) is 1. The molecule has 2 rings (SSSR count). The van der Waals surface area contributed by atoms with Gasteiger partial charge in [0.15, 0.2) is 0 Å². The van der Waals surface area contributed by atoms with Crippen LogP contribution in [0.25, 0.3) is 0 Å². The molecule has 1 unspecified atom stereocenters. The number of nitrogens with one attached hydrogen (secondary N) is 1. The third kappa shape index (κ3) is 3.70. The molecule has 1 saturated heterocycles. The molecule has 0 aliphatic carbocycles. The van der Waals surface area contributed by atoms with E-state index >= 15 is 0 Å². The molecule has 0 spiro atoms. The fourth-order valence-electron chi connectivity index (χ4n) is 2.29. The largest absolute Gasteiger partial charge is 0.376 e. The Labute approximate surface area is 127 Å². The van der Waals surface area contributed by atoms with E-state index in [1.54, 1.807) is 24.2 Å². The van der Waals surface area contributed by atoms with Crippen LogP contribution in [0.2, 0.25) is 0 Å². The monoisotopic (exact) mass is 341 g/mol. The van der Waals surface area contributed by atoms with Crippen LogP contribution in [0.3, 0.4) is 0 Å². The van der Waals surface area contributed by atoms with Crippen molar-refractivity contribution in [1.82, 2.24) is 9.88 Å². The van der Waals surface area contributed by atoms with Crippen molar-refractivity contribution in [1.29, 1.82) is 0 Å². The molecule has 0 saturated carbocycles. The van der Waals surface area contributed by atoms with E-state index in [4.69, 9.17) is 4.74 Å². The van der Waals surface area contributed by atoms with Crippen molar-refractivity contribution in [3.63, 3.8) is 0 Å². The summed E-state index contributed by atoms with van der Waals surface area (Å²) in [5.74, 6) is 0.588. The van der Waals surface area contributed by atoms with Crippen LogP contribution in [0.4, 0.5) is 5.82 Å². The molecule has 0 radical (unpaired) electrons. The molecule has 1 atom stereocenters. The fraction of sp³-hybridized carbons (Fsp3) is 0.571. The van der Waals surface area contributed by atoms with Crippen LogP contribution < -0.4 is 5.32 Å². The smallest absolute Gasteiger partial charge is 0.257 e. The highest BCUT2D eigenvalue weighted by molar-refractivity contribution is 9.10. The minimum Gasteiger partial charge on any atom is -0.376 e. The maximum atomic E-state index is 12.5. The van der Waals surface area contributed by atoms with Gasteiger partial charge in [-0.1, -0.05) is 0 Å². The summed E-state index contributed by atoms with van der Waals surface area (Å²) in [5.41, 5.74) is 0.585. The molecule has 0 aromatic carbocycles. The lowest BCUT2D eigenvalue weighted by Gasteiger charge is -2.22. The number of ether oxygens (including phenoxy) is 1. The SMILES string of the molecule is CCNc1ncc(Br)cc1C(=O)N(C)CC1CCCO1. The summed E-state index contributed by atoms with van der Waals surface area (Å²) in [6.45, 7) is 4.13. The van der Waals surface area contributed by atoms with Crippen molar-refractivity contribution in [3.05, 3.63) is 22.3 Å². The number of pyridine rings is 1. The summed E-state index contributed by atoms with van der Waals surface area (Å²) in [6, 6.07) is 1.80. The zero-order valence-electron chi connectivity index (χ0n) is 11.9. The average molecular weight is 342 g/mol. The first kappa shape index (κ1) is 15.3. The lowest BCUT2D eigenvalue weighted by Crippen LogP contribution is -2.34. The van der Waals surface area contributed by atoms with Crippen LogP contribution in [0.15, 0.2) is 16.7 Å². The van der Waals surface area contributed by atoms with E-state index in [0.717, 1.165) is 30.5 Å². The number of anilines is 1. The second-order valence-corrected chi connectivity index (χ2v) is 5.82. The van der Waals surface area contributed by atoms with Gasteiger partial charge in [-0.15, -0.1) is 0 Å². The van der Waals surface area contributed by atoms with Crippen molar-refractivity contribution in [2.45, 2.75) is 25.9 Å². The minimum atomic E-state index is -0.0368. The number of hydrogen-bond acceptors (Lipinski definition) is 4. The van der Waals surface area contributed by atoms with Gasteiger partial charge in [0.25, 0.3) is 5.91 Å². The maximum Gasteiger partial charge on any atom is 0.257 e. The van der Waals surface area contributed by atoms with Crippen molar-refractivity contribution < 1.29 is 9.53 Å². The molecule has 1 aliphatic rings. The molecular formula is C14H20BrN3O2. The molecule has 20 heavy (non-hydrogen) atoms. The van der Waals surface area contributed by atoms with Gasteiger partial charge < -0.3 is 15.0 Å². The van der Waals surface area contributed by atoms with Crippen LogP contribution in [-0.2, 0) is 4.74 Å². The van der Waals surface area contributed by atoms with Crippen LogP contribution in [0.5, 0.6) is 0 Å². The zero-order valence-corrected chi connectivity index (χ0v) is 13.4. The van der Waals surface area contributed by atoms with E-state index in [2.05, 4.69) is 26.2 Å². The molecule has 110 valence electrons. The standard InChI is InChI=1S/C14H20BrN3O2/c1-3-16-13-12(7-10(15)8-17-13)14(19)18(2)9-11-5-4-6-20-11/h7-8,11H,3-6,9H2,1-2H3,(H,16,17). The quantitative estimate of drug-likeness (QED) is 0.894. The Morgan fingerprint density at radius 2 is 2.45 bits per heavy atom. The van der Waals surface area contributed by atoms with Crippen LogP contribution in [-0.4, -0.2) is 48.6 Å². The van der Waals surface area contributed by atoms with Gasteiger partial charge in [0.1, 0.15) is 5.82 Å². The Hall–Kier alpha value is -1.14. The molecule has 1 aliphatic heterocycles. The molecular weight excluding hydrogens is 322 g/mol. The number of amides is 1.